The molecule has 3 aromatic rings. The van der Waals surface area contributed by atoms with Gasteiger partial charge in [-0.25, -0.2) is 0 Å². The van der Waals surface area contributed by atoms with Gasteiger partial charge in [0.15, 0.2) is 0 Å². The summed E-state index contributed by atoms with van der Waals surface area (Å²) in [5.41, 5.74) is 4.59. The van der Waals surface area contributed by atoms with E-state index in [-0.39, 0.29) is 0 Å². The van der Waals surface area contributed by atoms with Gasteiger partial charge in [0.05, 0.1) is 21.9 Å². The number of nitrogens with zero attached hydrogens (tertiary/aromatic N) is 1. The summed E-state index contributed by atoms with van der Waals surface area (Å²) in [5, 5.41) is 5.10. The van der Waals surface area contributed by atoms with Gasteiger partial charge in [-0.2, -0.15) is 5.10 Å². The van der Waals surface area contributed by atoms with E-state index in [9.17, 15) is 0 Å². The van der Waals surface area contributed by atoms with Crippen molar-refractivity contribution in [2.45, 2.75) is 0 Å². The van der Waals surface area contributed by atoms with Crippen molar-refractivity contribution in [2.24, 2.45) is 5.10 Å². The summed E-state index contributed by atoms with van der Waals surface area (Å²) in [6, 6.07) is 18.8. The van der Waals surface area contributed by atoms with Gasteiger partial charge in [0.25, 0.3) is 0 Å². The monoisotopic (exact) mass is 330 g/mol. The predicted molar refractivity (Wildman–Crippen MR) is 91.8 cm³/mol. The van der Waals surface area contributed by atoms with Crippen LogP contribution in [0.2, 0.25) is 10.0 Å². The lowest BCUT2D eigenvalue weighted by Crippen LogP contribution is -1.88. The lowest BCUT2D eigenvalue weighted by Gasteiger charge is -2.01. The molecule has 0 unspecified atom stereocenters. The molecule has 2 aromatic carbocycles. The molecule has 0 saturated heterocycles. The number of anilines is 1. The van der Waals surface area contributed by atoms with Gasteiger partial charge < -0.3 is 4.42 Å². The first-order valence-electron chi connectivity index (χ1n) is 6.62. The van der Waals surface area contributed by atoms with Crippen LogP contribution in [0.5, 0.6) is 0 Å². The third-order valence-electron chi connectivity index (χ3n) is 3.00. The van der Waals surface area contributed by atoms with E-state index in [1.807, 2.05) is 54.6 Å². The second-order valence-corrected chi connectivity index (χ2v) is 5.32. The Kier molecular flexibility index (Phi) is 4.47. The Morgan fingerprint density at radius 1 is 0.909 bits per heavy atom. The van der Waals surface area contributed by atoms with Gasteiger partial charge in [-0.05, 0) is 36.4 Å². The highest BCUT2D eigenvalue weighted by molar-refractivity contribution is 6.43. The summed E-state index contributed by atoms with van der Waals surface area (Å²) < 4.78 is 5.71. The summed E-state index contributed by atoms with van der Waals surface area (Å²) >= 11 is 12.2. The third-order valence-corrected chi connectivity index (χ3v) is 3.82. The maximum absolute atomic E-state index is 6.18. The molecule has 0 saturated carbocycles. The van der Waals surface area contributed by atoms with Crippen LogP contribution in [0.4, 0.5) is 5.69 Å². The van der Waals surface area contributed by atoms with Crippen molar-refractivity contribution >= 4 is 35.1 Å². The van der Waals surface area contributed by atoms with E-state index < -0.39 is 0 Å². The first kappa shape index (κ1) is 14.7. The van der Waals surface area contributed by atoms with Crippen LogP contribution in [-0.2, 0) is 0 Å². The van der Waals surface area contributed by atoms with Gasteiger partial charge in [-0.3, -0.25) is 5.43 Å². The normalized spacial score (nSPS) is 11.0. The molecular weight excluding hydrogens is 319 g/mol. The SMILES string of the molecule is Clc1cccc(-c2ccc(/C=N\Nc3ccccc3)o2)c1Cl. The number of nitrogens with one attached hydrogen (secondary N) is 1. The number of rotatable bonds is 4. The van der Waals surface area contributed by atoms with Crippen molar-refractivity contribution in [2.75, 3.05) is 5.43 Å². The fourth-order valence-electron chi connectivity index (χ4n) is 1.94. The minimum Gasteiger partial charge on any atom is -0.455 e. The quantitative estimate of drug-likeness (QED) is 0.492. The molecule has 0 amide bonds. The lowest BCUT2D eigenvalue weighted by molar-refractivity contribution is 0.575. The number of halogens is 2. The molecule has 3 nitrogen and oxygen atoms in total. The zero-order valence-corrected chi connectivity index (χ0v) is 13.0. The first-order valence-corrected chi connectivity index (χ1v) is 7.38. The fraction of sp³-hybridized carbons (Fsp3) is 0. The molecule has 1 heterocycles. The Hall–Kier alpha value is -2.23. The standard InChI is InChI=1S/C17H12Cl2N2O/c18-15-8-4-7-14(17(15)19)16-10-9-13(22-16)11-20-21-12-5-2-1-3-6-12/h1-11,21H/b20-11-. The Morgan fingerprint density at radius 2 is 1.73 bits per heavy atom. The van der Waals surface area contributed by atoms with Gasteiger partial charge in [-0.15, -0.1) is 0 Å². The predicted octanol–water partition coefficient (Wildman–Crippen LogP) is 5.70. The molecule has 0 fully saturated rings. The van der Waals surface area contributed by atoms with E-state index in [2.05, 4.69) is 10.5 Å². The largest absolute Gasteiger partial charge is 0.455 e. The van der Waals surface area contributed by atoms with Gasteiger partial charge in [-0.1, -0.05) is 47.5 Å². The van der Waals surface area contributed by atoms with Crippen molar-refractivity contribution < 1.29 is 4.42 Å². The van der Waals surface area contributed by atoms with Crippen LogP contribution in [0.25, 0.3) is 11.3 Å². The summed E-state index contributed by atoms with van der Waals surface area (Å²) in [6.07, 6.45) is 1.61. The zero-order chi connectivity index (χ0) is 15.4. The molecule has 3 rings (SSSR count). The molecule has 110 valence electrons. The molecule has 1 aromatic heterocycles. The molecule has 0 atom stereocenters. The minimum atomic E-state index is 0.476. The highest BCUT2D eigenvalue weighted by atomic mass is 35.5. The molecule has 22 heavy (non-hydrogen) atoms. The highest BCUT2D eigenvalue weighted by Crippen LogP contribution is 2.34. The summed E-state index contributed by atoms with van der Waals surface area (Å²) in [6.45, 7) is 0. The number of hydrazone groups is 1. The maximum Gasteiger partial charge on any atom is 0.147 e. The maximum atomic E-state index is 6.18. The van der Waals surface area contributed by atoms with Gasteiger partial charge in [0.1, 0.15) is 11.5 Å². The van der Waals surface area contributed by atoms with E-state index in [0.29, 0.717) is 21.6 Å². The van der Waals surface area contributed by atoms with Crippen molar-refractivity contribution in [1.29, 1.82) is 0 Å². The van der Waals surface area contributed by atoms with E-state index in [0.717, 1.165) is 11.3 Å². The molecule has 5 heteroatoms. The molecule has 0 aliphatic carbocycles. The molecule has 0 spiro atoms. The minimum absolute atomic E-state index is 0.476. The summed E-state index contributed by atoms with van der Waals surface area (Å²) in [7, 11) is 0. The lowest BCUT2D eigenvalue weighted by atomic mass is 10.2. The number of para-hydroxylation sites is 1. The van der Waals surface area contributed by atoms with Crippen LogP contribution in [0, 0.1) is 0 Å². The Morgan fingerprint density at radius 3 is 2.55 bits per heavy atom. The molecular formula is C17H12Cl2N2O. The third kappa shape index (κ3) is 3.32. The smallest absolute Gasteiger partial charge is 0.147 e. The van der Waals surface area contributed by atoms with Gasteiger partial charge >= 0.3 is 0 Å². The first-order chi connectivity index (χ1) is 10.7. The number of furan rings is 1. The number of benzene rings is 2. The Labute approximate surface area is 138 Å². The van der Waals surface area contributed by atoms with Crippen LogP contribution in [0.1, 0.15) is 5.76 Å². The Bertz CT molecular complexity index is 797. The number of hydrogen-bond donors (Lipinski definition) is 1. The topological polar surface area (TPSA) is 37.5 Å². The average molecular weight is 331 g/mol. The van der Waals surface area contributed by atoms with E-state index in [1.165, 1.54) is 0 Å². The van der Waals surface area contributed by atoms with Crippen molar-refractivity contribution in [1.82, 2.24) is 0 Å². The van der Waals surface area contributed by atoms with Crippen molar-refractivity contribution in [3.63, 3.8) is 0 Å². The summed E-state index contributed by atoms with van der Waals surface area (Å²) in [4.78, 5) is 0. The van der Waals surface area contributed by atoms with Crippen LogP contribution in [0.3, 0.4) is 0 Å². The molecule has 0 aliphatic heterocycles. The van der Waals surface area contributed by atoms with Gasteiger partial charge in [0, 0.05) is 5.56 Å². The highest BCUT2D eigenvalue weighted by Gasteiger charge is 2.10. The van der Waals surface area contributed by atoms with Crippen LogP contribution in [0.15, 0.2) is 70.2 Å². The van der Waals surface area contributed by atoms with Crippen LogP contribution >= 0.6 is 23.2 Å². The Balaban J connectivity index is 1.75. The second kappa shape index (κ2) is 6.69. The van der Waals surface area contributed by atoms with E-state index in [4.69, 9.17) is 27.6 Å². The number of hydrogen-bond acceptors (Lipinski definition) is 3. The van der Waals surface area contributed by atoms with E-state index >= 15 is 0 Å². The van der Waals surface area contributed by atoms with Crippen LogP contribution < -0.4 is 5.43 Å². The van der Waals surface area contributed by atoms with Crippen LogP contribution in [-0.4, -0.2) is 6.21 Å². The molecule has 0 bridgehead atoms. The summed E-state index contributed by atoms with van der Waals surface area (Å²) in [5.74, 6) is 1.27. The van der Waals surface area contributed by atoms with Gasteiger partial charge in [0.2, 0.25) is 0 Å². The zero-order valence-electron chi connectivity index (χ0n) is 11.5. The van der Waals surface area contributed by atoms with E-state index in [1.54, 1.807) is 12.3 Å². The average Bonchev–Trinajstić information content (AvgIpc) is 3.00. The van der Waals surface area contributed by atoms with Crippen molar-refractivity contribution in [3.8, 4) is 11.3 Å². The molecule has 1 N–H and O–H groups in total. The van der Waals surface area contributed by atoms with Crippen molar-refractivity contribution in [3.05, 3.63) is 76.5 Å². The molecule has 0 radical (unpaired) electrons. The molecule has 0 aliphatic rings. The second-order valence-electron chi connectivity index (χ2n) is 4.54. The fourth-order valence-corrected chi connectivity index (χ4v) is 2.34.